The van der Waals surface area contributed by atoms with Crippen LogP contribution in [0.1, 0.15) is 43.7 Å². The van der Waals surface area contributed by atoms with Gasteiger partial charge in [-0.05, 0) is 73.5 Å². The first kappa shape index (κ1) is 23.6. The summed E-state index contributed by atoms with van der Waals surface area (Å²) in [4.78, 5) is 25.4. The number of rotatable bonds is 7. The lowest BCUT2D eigenvalue weighted by Gasteiger charge is -2.30. The molecule has 0 radical (unpaired) electrons. The molecule has 4 rings (SSSR count). The molecule has 1 saturated heterocycles. The first-order valence-corrected chi connectivity index (χ1v) is 11.5. The Bertz CT molecular complexity index is 1220. The number of hydrogen-bond donors (Lipinski definition) is 4. The molecule has 1 aliphatic heterocycles. The minimum atomic E-state index is -0.788. The Hall–Kier alpha value is -3.59. The van der Waals surface area contributed by atoms with E-state index in [0.29, 0.717) is 22.7 Å². The molecule has 180 valence electrons. The number of phenols is 2. The maximum absolute atomic E-state index is 12.6. The maximum Gasteiger partial charge on any atom is 0.348 e. The number of aromatic hydroxyl groups is 2. The Labute approximate surface area is 197 Å². The second kappa shape index (κ2) is 9.72. The molecule has 0 bridgehead atoms. The molecule has 1 aromatic heterocycles. The van der Waals surface area contributed by atoms with Gasteiger partial charge in [0.25, 0.3) is 0 Å². The van der Waals surface area contributed by atoms with Gasteiger partial charge in [-0.2, -0.15) is 5.10 Å². The fraction of sp³-hybridized carbons (Fsp3) is 0.400. The summed E-state index contributed by atoms with van der Waals surface area (Å²) >= 11 is 0. The van der Waals surface area contributed by atoms with Crippen molar-refractivity contribution in [3.8, 4) is 28.6 Å². The first-order chi connectivity index (χ1) is 16.2. The zero-order valence-corrected chi connectivity index (χ0v) is 19.4. The van der Waals surface area contributed by atoms with Crippen molar-refractivity contribution in [2.24, 2.45) is 5.92 Å². The Morgan fingerprint density at radius 2 is 1.79 bits per heavy atom. The van der Waals surface area contributed by atoms with Crippen molar-refractivity contribution in [3.05, 3.63) is 58.0 Å². The van der Waals surface area contributed by atoms with Crippen LogP contribution in [0.4, 0.5) is 0 Å². The van der Waals surface area contributed by atoms with Gasteiger partial charge in [-0.1, -0.05) is 26.0 Å². The van der Waals surface area contributed by atoms with Crippen molar-refractivity contribution in [3.63, 3.8) is 0 Å². The van der Waals surface area contributed by atoms with Crippen LogP contribution in [-0.4, -0.2) is 60.6 Å². The highest BCUT2D eigenvalue weighted by atomic mass is 16.4. The topological polar surface area (TPSA) is 132 Å². The average Bonchev–Trinajstić information content (AvgIpc) is 3.16. The van der Waals surface area contributed by atoms with Crippen LogP contribution in [0.3, 0.4) is 0 Å². The predicted molar refractivity (Wildman–Crippen MR) is 128 cm³/mol. The summed E-state index contributed by atoms with van der Waals surface area (Å²) in [5.74, 6) is -0.168. The Morgan fingerprint density at radius 3 is 2.41 bits per heavy atom. The molecule has 0 amide bonds. The second-order valence-electron chi connectivity index (χ2n) is 9.25. The molecular weight excluding hydrogens is 436 g/mol. The number of nitrogens with one attached hydrogen (secondary N) is 1. The van der Waals surface area contributed by atoms with Gasteiger partial charge >= 0.3 is 11.7 Å². The summed E-state index contributed by atoms with van der Waals surface area (Å²) in [5.41, 5.74) is 2.35. The SMILES string of the molecule is CC(C)c1cc(-c2n[nH]c(=O)n2-c2ccc(CC3CCN(CC(=O)O)CC3)cc2)c(O)cc1O. The van der Waals surface area contributed by atoms with Crippen LogP contribution in [0.15, 0.2) is 41.2 Å². The third-order valence-corrected chi connectivity index (χ3v) is 6.47. The highest BCUT2D eigenvalue weighted by Crippen LogP contribution is 2.37. The van der Waals surface area contributed by atoms with Crippen LogP contribution < -0.4 is 5.69 Å². The number of aliphatic carboxylic acids is 1. The van der Waals surface area contributed by atoms with Crippen LogP contribution in [0, 0.1) is 5.92 Å². The number of benzene rings is 2. The van der Waals surface area contributed by atoms with Crippen molar-refractivity contribution in [2.75, 3.05) is 19.6 Å². The molecule has 2 aromatic carbocycles. The Morgan fingerprint density at radius 1 is 1.12 bits per heavy atom. The van der Waals surface area contributed by atoms with Gasteiger partial charge in [0, 0.05) is 6.07 Å². The molecular formula is C25H30N4O5. The smallest absolute Gasteiger partial charge is 0.348 e. The zero-order chi connectivity index (χ0) is 24.4. The summed E-state index contributed by atoms with van der Waals surface area (Å²) in [6.07, 6.45) is 2.81. The van der Waals surface area contributed by atoms with Crippen molar-refractivity contribution < 1.29 is 20.1 Å². The van der Waals surface area contributed by atoms with Gasteiger partial charge in [0.15, 0.2) is 5.82 Å². The lowest BCUT2D eigenvalue weighted by molar-refractivity contribution is -0.138. The lowest BCUT2D eigenvalue weighted by Crippen LogP contribution is -2.37. The molecule has 1 aliphatic rings. The fourth-order valence-electron chi connectivity index (χ4n) is 4.61. The summed E-state index contributed by atoms with van der Waals surface area (Å²) in [5, 5.41) is 36.2. The molecule has 34 heavy (non-hydrogen) atoms. The van der Waals surface area contributed by atoms with Crippen LogP contribution in [0.5, 0.6) is 11.5 Å². The zero-order valence-electron chi connectivity index (χ0n) is 19.4. The largest absolute Gasteiger partial charge is 0.508 e. The number of phenolic OH excluding ortho intramolecular Hbond substituents is 2. The Balaban J connectivity index is 1.54. The van der Waals surface area contributed by atoms with Gasteiger partial charge in [0.05, 0.1) is 17.8 Å². The number of piperidine rings is 1. The summed E-state index contributed by atoms with van der Waals surface area (Å²) in [7, 11) is 0. The number of aromatic amines is 1. The van der Waals surface area contributed by atoms with Crippen LogP contribution in [0.2, 0.25) is 0 Å². The van der Waals surface area contributed by atoms with Gasteiger partial charge in [0.2, 0.25) is 0 Å². The minimum Gasteiger partial charge on any atom is -0.508 e. The van der Waals surface area contributed by atoms with Crippen LogP contribution >= 0.6 is 0 Å². The number of aromatic nitrogens is 3. The van der Waals surface area contributed by atoms with Crippen molar-refractivity contribution in [1.82, 2.24) is 19.7 Å². The van der Waals surface area contributed by atoms with E-state index in [1.807, 2.05) is 43.0 Å². The molecule has 2 heterocycles. The van der Waals surface area contributed by atoms with Crippen LogP contribution in [-0.2, 0) is 11.2 Å². The lowest BCUT2D eigenvalue weighted by atomic mass is 9.90. The number of nitrogens with zero attached hydrogens (tertiary/aromatic N) is 3. The highest BCUT2D eigenvalue weighted by Gasteiger charge is 2.22. The minimum absolute atomic E-state index is 0.00108. The molecule has 1 fully saturated rings. The van der Waals surface area contributed by atoms with Gasteiger partial charge < -0.3 is 15.3 Å². The molecule has 4 N–H and O–H groups in total. The van der Waals surface area contributed by atoms with Gasteiger partial charge in [0.1, 0.15) is 11.5 Å². The van der Waals surface area contributed by atoms with Gasteiger partial charge in [-0.3, -0.25) is 9.69 Å². The normalized spacial score (nSPS) is 15.1. The van der Waals surface area contributed by atoms with Crippen molar-refractivity contribution in [2.45, 2.75) is 39.0 Å². The number of carboxylic acid groups (broad SMARTS) is 1. The molecule has 0 unspecified atom stereocenters. The van der Waals surface area contributed by atoms with E-state index in [2.05, 4.69) is 10.2 Å². The molecule has 0 spiro atoms. The molecule has 0 aliphatic carbocycles. The van der Waals surface area contributed by atoms with Crippen LogP contribution in [0.25, 0.3) is 17.1 Å². The standard InChI is InChI=1S/C25H30N4O5/c1-15(2)19-12-20(22(31)13-21(19)30)24-26-27-25(34)29(24)18-5-3-16(4-6-18)11-17-7-9-28(10-8-17)14-23(32)33/h3-6,12-13,15,17,30-31H,7-11,14H2,1-2H3,(H,27,34)(H,32,33). The number of carbonyl (C=O) groups is 1. The van der Waals surface area contributed by atoms with E-state index in [4.69, 9.17) is 5.11 Å². The summed E-state index contributed by atoms with van der Waals surface area (Å²) in [6.45, 7) is 5.54. The molecule has 0 atom stereocenters. The maximum atomic E-state index is 12.6. The average molecular weight is 467 g/mol. The molecule has 0 saturated carbocycles. The molecule has 3 aromatic rings. The third kappa shape index (κ3) is 4.99. The van der Waals surface area contributed by atoms with Crippen molar-refractivity contribution in [1.29, 1.82) is 0 Å². The fourth-order valence-corrected chi connectivity index (χ4v) is 4.61. The highest BCUT2D eigenvalue weighted by molar-refractivity contribution is 5.69. The second-order valence-corrected chi connectivity index (χ2v) is 9.25. The number of carboxylic acids is 1. The van der Waals surface area contributed by atoms with Gasteiger partial charge in [-0.25, -0.2) is 14.5 Å². The van der Waals surface area contributed by atoms with Gasteiger partial charge in [-0.15, -0.1) is 0 Å². The molecule has 9 heteroatoms. The first-order valence-electron chi connectivity index (χ1n) is 11.5. The summed E-state index contributed by atoms with van der Waals surface area (Å²) in [6, 6.07) is 10.6. The number of H-pyrrole nitrogens is 1. The quantitative estimate of drug-likeness (QED) is 0.421. The third-order valence-electron chi connectivity index (χ3n) is 6.47. The number of hydrogen-bond acceptors (Lipinski definition) is 6. The number of likely N-dealkylation sites (tertiary alicyclic amines) is 1. The van der Waals surface area contributed by atoms with E-state index in [-0.39, 0.29) is 29.8 Å². The van der Waals surface area contributed by atoms with E-state index in [1.54, 1.807) is 6.07 Å². The van der Waals surface area contributed by atoms with E-state index in [9.17, 15) is 19.8 Å². The van der Waals surface area contributed by atoms with E-state index < -0.39 is 11.7 Å². The molecule has 9 nitrogen and oxygen atoms in total. The van der Waals surface area contributed by atoms with Crippen molar-refractivity contribution >= 4 is 5.97 Å². The monoisotopic (exact) mass is 466 g/mol. The Kier molecular flexibility index (Phi) is 6.74. The van der Waals surface area contributed by atoms with E-state index in [1.165, 1.54) is 10.6 Å². The van der Waals surface area contributed by atoms with E-state index in [0.717, 1.165) is 37.9 Å². The predicted octanol–water partition coefficient (Wildman–Crippen LogP) is 3.10. The summed E-state index contributed by atoms with van der Waals surface area (Å²) < 4.78 is 1.41. The van der Waals surface area contributed by atoms with E-state index >= 15 is 0 Å².